The smallest absolute Gasteiger partial charge is 0.142 e. The van der Waals surface area contributed by atoms with E-state index < -0.39 is 0 Å². The summed E-state index contributed by atoms with van der Waals surface area (Å²) in [4.78, 5) is 20.2. The van der Waals surface area contributed by atoms with Crippen LogP contribution in [0.3, 0.4) is 0 Å². The lowest BCUT2D eigenvalue weighted by molar-refractivity contribution is -0.914. The highest BCUT2D eigenvalue weighted by atomic mass is 32.1. The third-order valence-electron chi connectivity index (χ3n) is 5.29. The van der Waals surface area contributed by atoms with E-state index in [0.29, 0.717) is 0 Å². The van der Waals surface area contributed by atoms with Crippen molar-refractivity contribution in [3.8, 4) is 10.4 Å². The molecule has 4 aromatic heterocycles. The Bertz CT molecular complexity index is 1070. The SMILES string of the molecule is Cc1nc(N2CC[NH+](Cc3ccncc3)CC2)c2c(-c3cccs3)csc2n1. The molecule has 0 radical (unpaired) electrons. The Balaban J connectivity index is 1.41. The minimum atomic E-state index is 0.855. The molecule has 0 saturated carbocycles. The molecule has 0 aliphatic carbocycles. The minimum absolute atomic E-state index is 0.855. The molecule has 0 amide bonds. The predicted molar refractivity (Wildman–Crippen MR) is 116 cm³/mol. The van der Waals surface area contributed by atoms with Crippen molar-refractivity contribution >= 4 is 38.7 Å². The molecule has 0 aromatic carbocycles. The molecule has 0 bridgehead atoms. The minimum Gasteiger partial charge on any atom is -0.345 e. The summed E-state index contributed by atoms with van der Waals surface area (Å²) in [6.07, 6.45) is 3.77. The van der Waals surface area contributed by atoms with E-state index in [2.05, 4.69) is 44.9 Å². The van der Waals surface area contributed by atoms with Crippen molar-refractivity contribution in [3.05, 3.63) is 58.8 Å². The monoisotopic (exact) mass is 408 g/mol. The van der Waals surface area contributed by atoms with Crippen molar-refractivity contribution < 1.29 is 4.90 Å². The predicted octanol–water partition coefficient (Wildman–Crippen LogP) is 3.03. The van der Waals surface area contributed by atoms with Crippen LogP contribution in [0.15, 0.2) is 47.4 Å². The summed E-state index contributed by atoms with van der Waals surface area (Å²) in [7, 11) is 0. The fraction of sp³-hybridized carbons (Fsp3) is 0.286. The van der Waals surface area contributed by atoms with Crippen LogP contribution in [0.25, 0.3) is 20.7 Å². The number of nitrogens with zero attached hydrogens (tertiary/aromatic N) is 4. The van der Waals surface area contributed by atoms with Crippen LogP contribution in [0.2, 0.25) is 0 Å². The van der Waals surface area contributed by atoms with Crippen LogP contribution in [0, 0.1) is 6.92 Å². The third-order valence-corrected chi connectivity index (χ3v) is 7.06. The van der Waals surface area contributed by atoms with Gasteiger partial charge < -0.3 is 9.80 Å². The molecule has 1 aliphatic rings. The van der Waals surface area contributed by atoms with Crippen LogP contribution in [-0.2, 0) is 6.54 Å². The van der Waals surface area contributed by atoms with Gasteiger partial charge in [0.25, 0.3) is 0 Å². The Kier molecular flexibility index (Phi) is 4.80. The molecule has 5 rings (SSSR count). The number of anilines is 1. The Hall–Kier alpha value is -2.35. The summed E-state index contributed by atoms with van der Waals surface area (Å²) >= 11 is 3.50. The number of piperazine rings is 1. The van der Waals surface area contributed by atoms with Crippen molar-refractivity contribution in [1.82, 2.24) is 15.0 Å². The molecule has 1 N–H and O–H groups in total. The van der Waals surface area contributed by atoms with Crippen molar-refractivity contribution in [2.45, 2.75) is 13.5 Å². The fourth-order valence-corrected chi connectivity index (χ4v) is 5.67. The maximum absolute atomic E-state index is 4.89. The molecule has 5 nitrogen and oxygen atoms in total. The Labute approximate surface area is 172 Å². The summed E-state index contributed by atoms with van der Waals surface area (Å²) < 4.78 is 0. The summed E-state index contributed by atoms with van der Waals surface area (Å²) in [5.41, 5.74) is 2.63. The number of aryl methyl sites for hydroxylation is 1. The zero-order valence-corrected chi connectivity index (χ0v) is 17.4. The topological polar surface area (TPSA) is 46.4 Å². The number of quaternary nitrogens is 1. The largest absolute Gasteiger partial charge is 0.345 e. The van der Waals surface area contributed by atoms with Gasteiger partial charge >= 0.3 is 0 Å². The van der Waals surface area contributed by atoms with E-state index in [-0.39, 0.29) is 0 Å². The van der Waals surface area contributed by atoms with Crippen molar-refractivity contribution in [1.29, 1.82) is 0 Å². The summed E-state index contributed by atoms with van der Waals surface area (Å²) in [5.74, 6) is 1.96. The second-order valence-corrected chi connectivity index (χ2v) is 8.98. The number of hydrogen-bond acceptors (Lipinski definition) is 6. The molecule has 0 unspecified atom stereocenters. The standard InChI is InChI=1S/C21H21N5S2/c1-15-23-20(19-17(14-28-21(19)24-15)18-3-2-12-27-18)26-10-8-25(9-11-26)13-16-4-6-22-7-5-16/h2-7,12,14H,8-11,13H2,1H3/p+1. The van der Waals surface area contributed by atoms with Crippen molar-refractivity contribution in [3.63, 3.8) is 0 Å². The van der Waals surface area contributed by atoms with Crippen LogP contribution < -0.4 is 9.80 Å². The second kappa shape index (κ2) is 7.58. The number of fused-ring (bicyclic) bond motifs is 1. The summed E-state index contributed by atoms with van der Waals surface area (Å²) in [5, 5.41) is 5.59. The van der Waals surface area contributed by atoms with Gasteiger partial charge in [0.05, 0.1) is 31.6 Å². The first-order chi connectivity index (χ1) is 13.8. The Morgan fingerprint density at radius 3 is 2.64 bits per heavy atom. The molecule has 0 spiro atoms. The van der Waals surface area contributed by atoms with E-state index in [4.69, 9.17) is 9.97 Å². The van der Waals surface area contributed by atoms with E-state index in [1.54, 1.807) is 27.6 Å². The van der Waals surface area contributed by atoms with E-state index in [1.807, 2.05) is 19.3 Å². The first-order valence-corrected chi connectivity index (χ1v) is 11.3. The second-order valence-electron chi connectivity index (χ2n) is 7.17. The lowest BCUT2D eigenvalue weighted by Gasteiger charge is -2.33. The van der Waals surface area contributed by atoms with Crippen molar-refractivity contribution in [2.75, 3.05) is 31.1 Å². The van der Waals surface area contributed by atoms with E-state index in [9.17, 15) is 0 Å². The number of hydrogen-bond donors (Lipinski definition) is 1. The Morgan fingerprint density at radius 2 is 1.89 bits per heavy atom. The number of nitrogens with one attached hydrogen (secondary N) is 1. The molecule has 28 heavy (non-hydrogen) atoms. The van der Waals surface area contributed by atoms with Gasteiger partial charge in [-0.1, -0.05) is 6.07 Å². The van der Waals surface area contributed by atoms with Gasteiger partial charge in [-0.05, 0) is 30.5 Å². The van der Waals surface area contributed by atoms with Crippen LogP contribution in [0.5, 0.6) is 0 Å². The molecule has 1 fully saturated rings. The van der Waals surface area contributed by atoms with Crippen molar-refractivity contribution in [2.24, 2.45) is 0 Å². The van der Waals surface area contributed by atoms with Gasteiger partial charge in [0.1, 0.15) is 23.0 Å². The lowest BCUT2D eigenvalue weighted by atomic mass is 10.1. The van der Waals surface area contributed by atoms with Crippen LogP contribution in [0.1, 0.15) is 11.4 Å². The van der Waals surface area contributed by atoms with Gasteiger partial charge in [-0.2, -0.15) is 0 Å². The zero-order chi connectivity index (χ0) is 18.9. The molecular formula is C21H22N5S2+. The highest BCUT2D eigenvalue weighted by Gasteiger charge is 2.25. The van der Waals surface area contributed by atoms with Crippen LogP contribution in [-0.4, -0.2) is 41.1 Å². The van der Waals surface area contributed by atoms with E-state index in [0.717, 1.165) is 49.2 Å². The highest BCUT2D eigenvalue weighted by molar-refractivity contribution is 7.18. The quantitative estimate of drug-likeness (QED) is 0.564. The Morgan fingerprint density at radius 1 is 1.07 bits per heavy atom. The maximum atomic E-state index is 4.89. The molecule has 1 saturated heterocycles. The van der Waals surface area contributed by atoms with Gasteiger partial charge in [0.2, 0.25) is 0 Å². The molecular weight excluding hydrogens is 386 g/mol. The van der Waals surface area contributed by atoms with Crippen LogP contribution >= 0.6 is 22.7 Å². The number of rotatable bonds is 4. The average Bonchev–Trinajstić information content (AvgIpc) is 3.38. The zero-order valence-electron chi connectivity index (χ0n) is 15.8. The first-order valence-electron chi connectivity index (χ1n) is 9.55. The fourth-order valence-electron chi connectivity index (χ4n) is 3.87. The average molecular weight is 409 g/mol. The van der Waals surface area contributed by atoms with E-state index in [1.165, 1.54) is 21.4 Å². The van der Waals surface area contributed by atoms with E-state index >= 15 is 0 Å². The molecule has 0 atom stereocenters. The summed E-state index contributed by atoms with van der Waals surface area (Å²) in [6.45, 7) is 7.33. The number of aromatic nitrogens is 3. The van der Waals surface area contributed by atoms with Gasteiger partial charge in [-0.25, -0.2) is 9.97 Å². The normalized spacial score (nSPS) is 15.4. The van der Waals surface area contributed by atoms with Gasteiger partial charge in [0, 0.05) is 33.8 Å². The number of thiophene rings is 2. The number of pyridine rings is 1. The first kappa shape index (κ1) is 17.7. The third kappa shape index (κ3) is 3.41. The summed E-state index contributed by atoms with van der Waals surface area (Å²) in [6, 6.07) is 8.54. The maximum Gasteiger partial charge on any atom is 0.142 e. The van der Waals surface area contributed by atoms with Crippen LogP contribution in [0.4, 0.5) is 5.82 Å². The van der Waals surface area contributed by atoms with Gasteiger partial charge in [0.15, 0.2) is 0 Å². The van der Waals surface area contributed by atoms with Gasteiger partial charge in [-0.3, -0.25) is 4.98 Å². The molecule has 5 heterocycles. The lowest BCUT2D eigenvalue weighted by Crippen LogP contribution is -3.13. The molecule has 1 aliphatic heterocycles. The molecule has 4 aromatic rings. The molecule has 142 valence electrons. The molecule has 7 heteroatoms. The van der Waals surface area contributed by atoms with Gasteiger partial charge in [-0.15, -0.1) is 22.7 Å². The highest BCUT2D eigenvalue weighted by Crippen LogP contribution is 2.39.